The van der Waals surface area contributed by atoms with Crippen LogP contribution in [0, 0.1) is 0 Å². The maximum atomic E-state index is 5.86. The van der Waals surface area contributed by atoms with Gasteiger partial charge in [-0.05, 0) is 41.9 Å². The van der Waals surface area contributed by atoms with Crippen molar-refractivity contribution in [3.63, 3.8) is 0 Å². The van der Waals surface area contributed by atoms with Crippen molar-refractivity contribution in [2.45, 2.75) is 52.4 Å². The second kappa shape index (κ2) is 7.18. The fourth-order valence-electron chi connectivity index (χ4n) is 1.93. The van der Waals surface area contributed by atoms with E-state index in [0.29, 0.717) is 0 Å². The zero-order chi connectivity index (χ0) is 13.6. The molecule has 0 bridgehead atoms. The molecule has 0 heterocycles. The Balaban J connectivity index is 2.97. The van der Waals surface area contributed by atoms with Crippen molar-refractivity contribution in [1.29, 1.82) is 0 Å². The van der Waals surface area contributed by atoms with Crippen LogP contribution in [0.15, 0.2) is 18.2 Å². The molecule has 0 spiro atoms. The molecule has 1 rings (SSSR count). The lowest BCUT2D eigenvalue weighted by molar-refractivity contribution is 0.308. The van der Waals surface area contributed by atoms with Crippen molar-refractivity contribution in [3.8, 4) is 5.75 Å². The van der Waals surface area contributed by atoms with E-state index in [1.54, 1.807) is 0 Å². The standard InChI is InChI=1S/C16H25BrO/c1-5-11-18-15-9-8-13(7-6-10-17)12-14(15)16(2,3)4/h8-9,12H,5-7,10-11H2,1-4H3. The van der Waals surface area contributed by atoms with Gasteiger partial charge < -0.3 is 4.74 Å². The molecule has 0 saturated heterocycles. The number of hydrogen-bond donors (Lipinski definition) is 0. The zero-order valence-electron chi connectivity index (χ0n) is 12.1. The van der Waals surface area contributed by atoms with Gasteiger partial charge in [0.05, 0.1) is 6.61 Å². The molecule has 1 aromatic rings. The van der Waals surface area contributed by atoms with E-state index in [1.165, 1.54) is 17.5 Å². The number of hydrogen-bond acceptors (Lipinski definition) is 1. The number of ether oxygens (including phenoxy) is 1. The van der Waals surface area contributed by atoms with Gasteiger partial charge in [-0.2, -0.15) is 0 Å². The molecule has 0 radical (unpaired) electrons. The van der Waals surface area contributed by atoms with E-state index in [9.17, 15) is 0 Å². The second-order valence-electron chi connectivity index (χ2n) is 5.72. The van der Waals surface area contributed by atoms with E-state index < -0.39 is 0 Å². The third-order valence-corrected chi connectivity index (χ3v) is 3.47. The van der Waals surface area contributed by atoms with Crippen molar-refractivity contribution in [2.24, 2.45) is 0 Å². The molecule has 2 heteroatoms. The van der Waals surface area contributed by atoms with E-state index >= 15 is 0 Å². The van der Waals surface area contributed by atoms with Crippen LogP contribution in [0.5, 0.6) is 5.75 Å². The fraction of sp³-hybridized carbons (Fsp3) is 0.625. The molecule has 1 nitrogen and oxygen atoms in total. The molecule has 0 amide bonds. The zero-order valence-corrected chi connectivity index (χ0v) is 13.6. The third-order valence-electron chi connectivity index (χ3n) is 2.91. The monoisotopic (exact) mass is 312 g/mol. The van der Waals surface area contributed by atoms with Crippen LogP contribution < -0.4 is 4.74 Å². The van der Waals surface area contributed by atoms with Gasteiger partial charge in [0.25, 0.3) is 0 Å². The highest BCUT2D eigenvalue weighted by Crippen LogP contribution is 2.32. The van der Waals surface area contributed by atoms with Crippen LogP contribution in [0.25, 0.3) is 0 Å². The van der Waals surface area contributed by atoms with Gasteiger partial charge in [-0.3, -0.25) is 0 Å². The molecule has 0 saturated carbocycles. The van der Waals surface area contributed by atoms with Gasteiger partial charge in [0.2, 0.25) is 0 Å². The molecule has 0 unspecified atom stereocenters. The molecule has 0 atom stereocenters. The average Bonchev–Trinajstić information content (AvgIpc) is 2.33. The van der Waals surface area contributed by atoms with Crippen LogP contribution in [0.4, 0.5) is 0 Å². The average molecular weight is 313 g/mol. The van der Waals surface area contributed by atoms with Gasteiger partial charge in [0, 0.05) is 5.33 Å². The highest BCUT2D eigenvalue weighted by Gasteiger charge is 2.19. The Morgan fingerprint density at radius 2 is 1.94 bits per heavy atom. The third kappa shape index (κ3) is 4.64. The Morgan fingerprint density at radius 1 is 1.22 bits per heavy atom. The molecule has 0 aliphatic rings. The summed E-state index contributed by atoms with van der Waals surface area (Å²) in [6.07, 6.45) is 3.36. The number of halogens is 1. The normalized spacial score (nSPS) is 11.6. The number of benzene rings is 1. The molecule has 18 heavy (non-hydrogen) atoms. The summed E-state index contributed by atoms with van der Waals surface area (Å²) >= 11 is 3.49. The molecule has 0 aromatic heterocycles. The summed E-state index contributed by atoms with van der Waals surface area (Å²) in [5.41, 5.74) is 2.86. The SMILES string of the molecule is CCCOc1ccc(CCCBr)cc1C(C)(C)C. The first-order chi connectivity index (χ1) is 8.49. The molecule has 0 aliphatic heterocycles. The first-order valence-corrected chi connectivity index (χ1v) is 7.93. The van der Waals surface area contributed by atoms with Crippen molar-refractivity contribution >= 4 is 15.9 Å². The van der Waals surface area contributed by atoms with Crippen LogP contribution in [-0.2, 0) is 11.8 Å². The van der Waals surface area contributed by atoms with Gasteiger partial charge in [-0.25, -0.2) is 0 Å². The highest BCUT2D eigenvalue weighted by atomic mass is 79.9. The lowest BCUT2D eigenvalue weighted by Gasteiger charge is -2.23. The molecule has 1 aromatic carbocycles. The van der Waals surface area contributed by atoms with Crippen molar-refractivity contribution in [2.75, 3.05) is 11.9 Å². The second-order valence-corrected chi connectivity index (χ2v) is 6.51. The molecule has 102 valence electrons. The van der Waals surface area contributed by atoms with Crippen LogP contribution in [-0.4, -0.2) is 11.9 Å². The number of rotatable bonds is 6. The van der Waals surface area contributed by atoms with E-state index in [4.69, 9.17) is 4.74 Å². The van der Waals surface area contributed by atoms with Crippen molar-refractivity contribution < 1.29 is 4.74 Å². The lowest BCUT2D eigenvalue weighted by Crippen LogP contribution is -2.14. The van der Waals surface area contributed by atoms with E-state index in [-0.39, 0.29) is 5.41 Å². The number of aryl methyl sites for hydroxylation is 1. The summed E-state index contributed by atoms with van der Waals surface area (Å²) in [5, 5.41) is 1.06. The summed E-state index contributed by atoms with van der Waals surface area (Å²) in [6.45, 7) is 9.67. The number of alkyl halides is 1. The summed E-state index contributed by atoms with van der Waals surface area (Å²) in [6, 6.07) is 6.65. The maximum Gasteiger partial charge on any atom is 0.123 e. The Labute approximate surface area is 120 Å². The summed E-state index contributed by atoms with van der Waals surface area (Å²) in [7, 11) is 0. The summed E-state index contributed by atoms with van der Waals surface area (Å²) < 4.78 is 5.86. The van der Waals surface area contributed by atoms with Gasteiger partial charge in [-0.1, -0.05) is 55.8 Å². The van der Waals surface area contributed by atoms with Crippen LogP contribution >= 0.6 is 15.9 Å². The van der Waals surface area contributed by atoms with E-state index in [1.807, 2.05) is 0 Å². The smallest absolute Gasteiger partial charge is 0.123 e. The quantitative estimate of drug-likeness (QED) is 0.664. The Bertz CT molecular complexity index is 366. The lowest BCUT2D eigenvalue weighted by atomic mass is 9.85. The minimum Gasteiger partial charge on any atom is -0.493 e. The molecular weight excluding hydrogens is 288 g/mol. The van der Waals surface area contributed by atoms with Gasteiger partial charge >= 0.3 is 0 Å². The Hall–Kier alpha value is -0.500. The highest BCUT2D eigenvalue weighted by molar-refractivity contribution is 9.09. The fourth-order valence-corrected chi connectivity index (χ4v) is 2.21. The Morgan fingerprint density at radius 3 is 2.50 bits per heavy atom. The van der Waals surface area contributed by atoms with Crippen LogP contribution in [0.2, 0.25) is 0 Å². The summed E-state index contributed by atoms with van der Waals surface area (Å²) in [5.74, 6) is 1.05. The van der Waals surface area contributed by atoms with E-state index in [2.05, 4.69) is 61.8 Å². The predicted molar refractivity (Wildman–Crippen MR) is 83.0 cm³/mol. The van der Waals surface area contributed by atoms with Gasteiger partial charge in [-0.15, -0.1) is 0 Å². The van der Waals surface area contributed by atoms with Gasteiger partial charge in [0.1, 0.15) is 5.75 Å². The topological polar surface area (TPSA) is 9.23 Å². The largest absolute Gasteiger partial charge is 0.493 e. The van der Waals surface area contributed by atoms with Crippen LogP contribution in [0.3, 0.4) is 0 Å². The molecular formula is C16H25BrO. The van der Waals surface area contributed by atoms with Crippen molar-refractivity contribution in [3.05, 3.63) is 29.3 Å². The maximum absolute atomic E-state index is 5.86. The molecule has 0 N–H and O–H groups in total. The molecule has 0 aliphatic carbocycles. The predicted octanol–water partition coefficient (Wildman–Crippen LogP) is 5.10. The molecule has 0 fully saturated rings. The van der Waals surface area contributed by atoms with Crippen molar-refractivity contribution in [1.82, 2.24) is 0 Å². The first kappa shape index (κ1) is 15.6. The first-order valence-electron chi connectivity index (χ1n) is 6.81. The Kier molecular flexibility index (Phi) is 6.20. The van der Waals surface area contributed by atoms with E-state index in [0.717, 1.165) is 30.5 Å². The minimum absolute atomic E-state index is 0.132. The summed E-state index contributed by atoms with van der Waals surface area (Å²) in [4.78, 5) is 0. The van der Waals surface area contributed by atoms with Gasteiger partial charge in [0.15, 0.2) is 0 Å². The van der Waals surface area contributed by atoms with Crippen LogP contribution in [0.1, 0.15) is 51.7 Å². The minimum atomic E-state index is 0.132.